The molecule has 0 saturated heterocycles. The van der Waals surface area contributed by atoms with Gasteiger partial charge in [0.1, 0.15) is 11.4 Å². The molecule has 0 atom stereocenters. The van der Waals surface area contributed by atoms with Gasteiger partial charge in [-0.1, -0.05) is 19.8 Å². The van der Waals surface area contributed by atoms with Gasteiger partial charge in [0.2, 0.25) is 0 Å². The second-order valence-electron chi connectivity index (χ2n) is 11.0. The van der Waals surface area contributed by atoms with E-state index in [0.29, 0.717) is 11.3 Å². The Morgan fingerprint density at radius 3 is 2.18 bits per heavy atom. The third-order valence-electron chi connectivity index (χ3n) is 8.29. The number of aromatic amines is 1. The molecule has 1 spiro atoms. The highest BCUT2D eigenvalue weighted by molar-refractivity contribution is 5.88. The van der Waals surface area contributed by atoms with Crippen molar-refractivity contribution in [1.82, 2.24) is 9.88 Å². The highest BCUT2D eigenvalue weighted by Gasteiger charge is 2.48. The molecule has 1 aliphatic carbocycles. The van der Waals surface area contributed by atoms with E-state index in [1.165, 1.54) is 43.4 Å². The Bertz CT molecular complexity index is 1180. The summed E-state index contributed by atoms with van der Waals surface area (Å²) in [7, 11) is 4.49. The maximum Gasteiger partial charge on any atom is 0.336 e. The minimum Gasteiger partial charge on any atom is -0.508 e. The number of aromatic hydroxyl groups is 1. The van der Waals surface area contributed by atoms with Crippen molar-refractivity contribution in [3.8, 4) is 5.75 Å². The summed E-state index contributed by atoms with van der Waals surface area (Å²) in [6.45, 7) is 3.06. The van der Waals surface area contributed by atoms with Crippen LogP contribution in [-0.4, -0.2) is 85.2 Å². The summed E-state index contributed by atoms with van der Waals surface area (Å²) in [4.78, 5) is 36.6. The molecule has 216 valence electrons. The van der Waals surface area contributed by atoms with Gasteiger partial charge in [0.15, 0.2) is 5.60 Å². The number of carboxylic acids is 3. The van der Waals surface area contributed by atoms with Crippen LogP contribution in [-0.2, 0) is 31.1 Å². The summed E-state index contributed by atoms with van der Waals surface area (Å²) >= 11 is 0. The van der Waals surface area contributed by atoms with Gasteiger partial charge in [0, 0.05) is 16.4 Å². The number of aliphatic hydroxyl groups is 1. The second-order valence-corrected chi connectivity index (χ2v) is 11.0. The summed E-state index contributed by atoms with van der Waals surface area (Å²) in [6, 6.07) is 5.66. The minimum atomic E-state index is -2.74. The summed E-state index contributed by atoms with van der Waals surface area (Å²) in [5.74, 6) is -4.68. The number of benzene rings is 1. The van der Waals surface area contributed by atoms with E-state index >= 15 is 0 Å². The SMILES string of the molecule is CCCCC1(N(C)C)CCC2(CC1)OCCc1c2[nH]c2ccc(O)cc12.O=C(O)CC(O)(CC(=O)O)C(=O)O. The van der Waals surface area contributed by atoms with Gasteiger partial charge < -0.3 is 40.2 Å². The molecule has 1 saturated carbocycles. The zero-order valence-electron chi connectivity index (χ0n) is 22.8. The number of aliphatic carboxylic acids is 3. The fourth-order valence-corrected chi connectivity index (χ4v) is 5.96. The predicted octanol–water partition coefficient (Wildman–Crippen LogP) is 3.46. The number of unbranched alkanes of at least 4 members (excludes halogenated alkanes) is 1. The molecule has 4 rings (SSSR count). The molecule has 1 aromatic heterocycles. The Morgan fingerprint density at radius 2 is 1.67 bits per heavy atom. The lowest BCUT2D eigenvalue weighted by atomic mass is 9.69. The van der Waals surface area contributed by atoms with Gasteiger partial charge in [-0.15, -0.1) is 0 Å². The van der Waals surface area contributed by atoms with Gasteiger partial charge in [-0.2, -0.15) is 0 Å². The number of hydrogen-bond donors (Lipinski definition) is 6. The highest BCUT2D eigenvalue weighted by Crippen LogP contribution is 2.50. The van der Waals surface area contributed by atoms with Crippen LogP contribution < -0.4 is 0 Å². The van der Waals surface area contributed by atoms with Crippen LogP contribution in [0.1, 0.15) is 76.0 Å². The highest BCUT2D eigenvalue weighted by atomic mass is 16.5. The van der Waals surface area contributed by atoms with Crippen molar-refractivity contribution in [1.29, 1.82) is 0 Å². The molecule has 0 amide bonds. The van der Waals surface area contributed by atoms with E-state index in [1.54, 1.807) is 6.07 Å². The molecular weight excluding hydrogens is 508 g/mol. The molecule has 2 aromatic rings. The molecule has 2 heterocycles. The van der Waals surface area contributed by atoms with E-state index in [9.17, 15) is 19.5 Å². The van der Waals surface area contributed by atoms with Crippen LogP contribution >= 0.6 is 0 Å². The van der Waals surface area contributed by atoms with E-state index < -0.39 is 36.4 Å². The summed E-state index contributed by atoms with van der Waals surface area (Å²) < 4.78 is 6.46. The smallest absolute Gasteiger partial charge is 0.336 e. The standard InChI is InChI=1S/C22H32N2O2.C6H8O7/c1-4-5-9-21(24(2)3)10-12-22(13-11-21)20-17(8-14-26-22)18-15-16(25)6-7-19(18)23-20;7-3(8)1-6(13,5(11)12)2-4(9)10/h6-7,15,23,25H,4-5,8-14H2,1-3H3;13H,1-2H2,(H,7,8)(H,9,10)(H,11,12). The summed E-state index contributed by atoms with van der Waals surface area (Å²) in [5, 5.41) is 44.9. The molecule has 2 aliphatic rings. The van der Waals surface area contributed by atoms with Crippen molar-refractivity contribution >= 4 is 28.8 Å². The fraction of sp³-hybridized carbons (Fsp3) is 0.607. The lowest BCUT2D eigenvalue weighted by Crippen LogP contribution is -2.52. The summed E-state index contributed by atoms with van der Waals surface area (Å²) in [6.07, 6.45) is 6.97. The number of phenols is 1. The Morgan fingerprint density at radius 1 is 1.05 bits per heavy atom. The first-order valence-electron chi connectivity index (χ1n) is 13.3. The van der Waals surface area contributed by atoms with E-state index in [1.807, 2.05) is 12.1 Å². The zero-order valence-corrected chi connectivity index (χ0v) is 22.8. The van der Waals surface area contributed by atoms with E-state index in [2.05, 4.69) is 30.9 Å². The molecule has 1 aromatic carbocycles. The van der Waals surface area contributed by atoms with E-state index in [-0.39, 0.29) is 5.60 Å². The monoisotopic (exact) mass is 548 g/mol. The average Bonchev–Trinajstić information content (AvgIpc) is 3.22. The number of fused-ring (bicyclic) bond motifs is 4. The Labute approximate surface area is 227 Å². The van der Waals surface area contributed by atoms with Gasteiger partial charge in [-0.25, -0.2) is 4.79 Å². The second kappa shape index (κ2) is 11.9. The Hall–Kier alpha value is -3.15. The van der Waals surface area contributed by atoms with Crippen molar-refractivity contribution in [2.75, 3.05) is 20.7 Å². The summed E-state index contributed by atoms with van der Waals surface area (Å²) in [5.41, 5.74) is 1.14. The lowest BCUT2D eigenvalue weighted by molar-refractivity contribution is -0.170. The maximum absolute atomic E-state index is 10.3. The molecule has 1 fully saturated rings. The van der Waals surface area contributed by atoms with Gasteiger partial charge in [-0.05, 0) is 76.4 Å². The first-order chi connectivity index (χ1) is 18.3. The normalized spacial score (nSPS) is 22.8. The lowest BCUT2D eigenvalue weighted by Gasteiger charge is -2.50. The van der Waals surface area contributed by atoms with Crippen molar-refractivity contribution in [2.24, 2.45) is 0 Å². The molecular formula is C28H40N2O9. The number of nitrogens with one attached hydrogen (secondary N) is 1. The first kappa shape index (κ1) is 30.4. The first-order valence-corrected chi connectivity index (χ1v) is 13.3. The van der Waals surface area contributed by atoms with Crippen molar-refractivity contribution in [3.63, 3.8) is 0 Å². The van der Waals surface area contributed by atoms with Gasteiger partial charge >= 0.3 is 17.9 Å². The zero-order chi connectivity index (χ0) is 29.0. The Kier molecular flexibility index (Phi) is 9.30. The van der Waals surface area contributed by atoms with Gasteiger partial charge in [-0.3, -0.25) is 9.59 Å². The third kappa shape index (κ3) is 6.54. The molecule has 0 unspecified atom stereocenters. The number of carbonyl (C=O) groups is 3. The third-order valence-corrected chi connectivity index (χ3v) is 8.29. The van der Waals surface area contributed by atoms with E-state index in [4.69, 9.17) is 25.2 Å². The number of ether oxygens (including phenoxy) is 1. The van der Waals surface area contributed by atoms with Crippen LogP contribution in [0.3, 0.4) is 0 Å². The number of hydrogen-bond acceptors (Lipinski definition) is 7. The largest absolute Gasteiger partial charge is 0.508 e. The topological polar surface area (TPSA) is 181 Å². The van der Waals surface area contributed by atoms with Crippen molar-refractivity contribution in [2.45, 2.75) is 87.9 Å². The van der Waals surface area contributed by atoms with Crippen LogP contribution in [0.25, 0.3) is 10.9 Å². The number of H-pyrrole nitrogens is 1. The molecule has 39 heavy (non-hydrogen) atoms. The van der Waals surface area contributed by atoms with Gasteiger partial charge in [0.05, 0.1) is 25.1 Å². The Balaban J connectivity index is 0.000000276. The number of carboxylic acid groups (broad SMARTS) is 3. The molecule has 11 nitrogen and oxygen atoms in total. The fourth-order valence-electron chi connectivity index (χ4n) is 5.96. The predicted molar refractivity (Wildman–Crippen MR) is 143 cm³/mol. The molecule has 1 aliphatic heterocycles. The van der Waals surface area contributed by atoms with Crippen LogP contribution in [0.15, 0.2) is 18.2 Å². The van der Waals surface area contributed by atoms with Crippen LogP contribution in [0.2, 0.25) is 0 Å². The van der Waals surface area contributed by atoms with Crippen molar-refractivity contribution in [3.05, 3.63) is 29.5 Å². The number of phenolic OH excluding ortho intramolecular Hbond substituents is 1. The maximum atomic E-state index is 10.3. The van der Waals surface area contributed by atoms with Crippen LogP contribution in [0, 0.1) is 0 Å². The molecule has 11 heteroatoms. The average molecular weight is 549 g/mol. The molecule has 6 N–H and O–H groups in total. The molecule has 0 bridgehead atoms. The minimum absolute atomic E-state index is 0.173. The van der Waals surface area contributed by atoms with Crippen molar-refractivity contribution < 1.29 is 44.7 Å². The number of nitrogens with zero attached hydrogens (tertiary/aromatic N) is 1. The number of aromatic nitrogens is 1. The molecule has 0 radical (unpaired) electrons. The van der Waals surface area contributed by atoms with Crippen LogP contribution in [0.4, 0.5) is 0 Å². The van der Waals surface area contributed by atoms with Gasteiger partial charge in [0.25, 0.3) is 0 Å². The quantitative estimate of drug-likeness (QED) is 0.272. The number of rotatable bonds is 9. The van der Waals surface area contributed by atoms with E-state index in [0.717, 1.165) is 36.8 Å². The van der Waals surface area contributed by atoms with Crippen LogP contribution in [0.5, 0.6) is 5.75 Å².